The number of hydrogen-bond donors (Lipinski definition) is 3. The van der Waals surface area contributed by atoms with Gasteiger partial charge in [0, 0.05) is 31.3 Å². The zero-order valence-electron chi connectivity index (χ0n) is 14.3. The van der Waals surface area contributed by atoms with Crippen LogP contribution >= 0.6 is 24.0 Å². The van der Waals surface area contributed by atoms with Gasteiger partial charge in [-0.3, -0.25) is 19.9 Å². The van der Waals surface area contributed by atoms with Crippen LogP contribution in [0.2, 0.25) is 0 Å². The first-order valence-corrected chi connectivity index (χ1v) is 7.20. The van der Waals surface area contributed by atoms with Crippen LogP contribution in [0.25, 0.3) is 0 Å². The normalized spacial score (nSPS) is 11.2. The van der Waals surface area contributed by atoms with Crippen LogP contribution in [0.1, 0.15) is 26.3 Å². The van der Waals surface area contributed by atoms with E-state index in [2.05, 4.69) is 20.9 Å². The van der Waals surface area contributed by atoms with Gasteiger partial charge in [-0.1, -0.05) is 12.1 Å². The van der Waals surface area contributed by atoms with E-state index in [1.807, 2.05) is 20.8 Å². The Bertz CT molecular complexity index is 582. The van der Waals surface area contributed by atoms with Crippen LogP contribution in [0, 0.1) is 10.1 Å². The van der Waals surface area contributed by atoms with Gasteiger partial charge >= 0.3 is 0 Å². The number of nitro benzene ring substituents is 1. The summed E-state index contributed by atoms with van der Waals surface area (Å²) >= 11 is 0. The maximum Gasteiger partial charge on any atom is 0.269 e. The van der Waals surface area contributed by atoms with Gasteiger partial charge in [0.1, 0.15) is 0 Å². The first kappa shape index (κ1) is 22.1. The fourth-order valence-electron chi connectivity index (χ4n) is 1.77. The van der Waals surface area contributed by atoms with Gasteiger partial charge in [-0.2, -0.15) is 0 Å². The predicted octanol–water partition coefficient (Wildman–Crippen LogP) is 1.79. The largest absolute Gasteiger partial charge is 0.352 e. The smallest absolute Gasteiger partial charge is 0.269 e. The second-order valence-corrected chi connectivity index (χ2v) is 6.00. The number of rotatable bonds is 5. The van der Waals surface area contributed by atoms with Crippen molar-refractivity contribution in [3.05, 3.63) is 39.9 Å². The first-order chi connectivity index (χ1) is 10.7. The molecule has 0 radical (unpaired) electrons. The second-order valence-electron chi connectivity index (χ2n) is 6.00. The highest BCUT2D eigenvalue weighted by Crippen LogP contribution is 2.11. The fourth-order valence-corrected chi connectivity index (χ4v) is 1.77. The number of carbonyl (C=O) groups excluding carboxylic acids is 1. The van der Waals surface area contributed by atoms with Crippen LogP contribution < -0.4 is 16.0 Å². The van der Waals surface area contributed by atoms with Crippen molar-refractivity contribution in [3.8, 4) is 0 Å². The lowest BCUT2D eigenvalue weighted by Gasteiger charge is -2.21. The van der Waals surface area contributed by atoms with Crippen molar-refractivity contribution in [2.45, 2.75) is 32.9 Å². The lowest BCUT2D eigenvalue weighted by molar-refractivity contribution is -0.384. The Hall–Kier alpha value is -1.91. The van der Waals surface area contributed by atoms with E-state index in [1.54, 1.807) is 19.2 Å². The van der Waals surface area contributed by atoms with Crippen molar-refractivity contribution in [2.24, 2.45) is 4.99 Å². The summed E-state index contributed by atoms with van der Waals surface area (Å²) in [5.74, 6) is 0.350. The lowest BCUT2D eigenvalue weighted by Crippen LogP contribution is -2.48. The van der Waals surface area contributed by atoms with Gasteiger partial charge in [0.25, 0.3) is 5.69 Å². The summed E-state index contributed by atoms with van der Waals surface area (Å²) in [5, 5.41) is 19.4. The monoisotopic (exact) mass is 449 g/mol. The van der Waals surface area contributed by atoms with E-state index in [0.717, 1.165) is 5.56 Å². The average molecular weight is 449 g/mol. The molecule has 0 aliphatic heterocycles. The quantitative estimate of drug-likeness (QED) is 0.209. The zero-order valence-corrected chi connectivity index (χ0v) is 16.6. The van der Waals surface area contributed by atoms with Crippen LogP contribution in [0.4, 0.5) is 5.69 Å². The van der Waals surface area contributed by atoms with Crippen molar-refractivity contribution < 1.29 is 9.72 Å². The molecule has 0 spiro atoms. The molecule has 0 saturated heterocycles. The summed E-state index contributed by atoms with van der Waals surface area (Å²) in [6.07, 6.45) is 0. The van der Waals surface area contributed by atoms with E-state index in [1.165, 1.54) is 12.1 Å². The fraction of sp³-hybridized carbons (Fsp3) is 0.467. The van der Waals surface area contributed by atoms with Crippen LogP contribution in [0.15, 0.2) is 29.3 Å². The predicted molar refractivity (Wildman–Crippen MR) is 105 cm³/mol. The molecule has 0 heterocycles. The highest BCUT2D eigenvalue weighted by Gasteiger charge is 2.13. The molecule has 1 aromatic carbocycles. The number of amides is 1. The van der Waals surface area contributed by atoms with Gasteiger partial charge in [-0.25, -0.2) is 0 Å². The Morgan fingerprint density at radius 1 is 1.21 bits per heavy atom. The van der Waals surface area contributed by atoms with Gasteiger partial charge in [-0.15, -0.1) is 24.0 Å². The number of hydrogen-bond acceptors (Lipinski definition) is 4. The highest BCUT2D eigenvalue weighted by atomic mass is 127. The zero-order chi connectivity index (χ0) is 17.5. The summed E-state index contributed by atoms with van der Waals surface area (Å²) in [6, 6.07) is 6.24. The van der Waals surface area contributed by atoms with Gasteiger partial charge in [0.05, 0.1) is 11.5 Å². The van der Waals surface area contributed by atoms with Crippen LogP contribution in [0.5, 0.6) is 0 Å². The van der Waals surface area contributed by atoms with Crippen molar-refractivity contribution >= 4 is 41.5 Å². The van der Waals surface area contributed by atoms with Crippen LogP contribution in [-0.4, -0.2) is 35.9 Å². The van der Waals surface area contributed by atoms with Crippen molar-refractivity contribution in [1.82, 2.24) is 16.0 Å². The van der Waals surface area contributed by atoms with Gasteiger partial charge in [-0.05, 0) is 26.3 Å². The third kappa shape index (κ3) is 8.65. The Morgan fingerprint density at radius 2 is 1.79 bits per heavy atom. The Balaban J connectivity index is 0.00000529. The molecule has 0 aliphatic rings. The minimum absolute atomic E-state index is 0. The molecular formula is C15H24IN5O3. The molecule has 3 N–H and O–H groups in total. The highest BCUT2D eigenvalue weighted by molar-refractivity contribution is 14.0. The molecule has 0 saturated carbocycles. The summed E-state index contributed by atoms with van der Waals surface area (Å²) in [4.78, 5) is 25.9. The molecule has 9 heteroatoms. The summed E-state index contributed by atoms with van der Waals surface area (Å²) in [5.41, 5.74) is 0.641. The van der Waals surface area contributed by atoms with Crippen molar-refractivity contribution in [3.63, 3.8) is 0 Å². The Kier molecular flexibility index (Phi) is 9.26. The maximum atomic E-state index is 11.7. The van der Waals surface area contributed by atoms with Gasteiger partial charge in [0.2, 0.25) is 5.91 Å². The molecule has 1 rings (SSSR count). The van der Waals surface area contributed by atoms with E-state index in [9.17, 15) is 14.9 Å². The van der Waals surface area contributed by atoms with E-state index >= 15 is 0 Å². The number of nitro groups is 1. The summed E-state index contributed by atoms with van der Waals surface area (Å²) in [7, 11) is 1.60. The molecule has 0 unspecified atom stereocenters. The molecule has 0 atom stereocenters. The molecular weight excluding hydrogens is 425 g/mol. The average Bonchev–Trinajstić information content (AvgIpc) is 2.46. The molecule has 1 aromatic rings. The number of nitrogens with zero attached hydrogens (tertiary/aromatic N) is 2. The van der Waals surface area contributed by atoms with E-state index < -0.39 is 4.92 Å². The molecule has 1 amide bonds. The summed E-state index contributed by atoms with van der Waals surface area (Å²) < 4.78 is 0. The number of nitrogens with one attached hydrogen (secondary N) is 3. The topological polar surface area (TPSA) is 109 Å². The second kappa shape index (κ2) is 10.1. The molecule has 0 aliphatic carbocycles. The number of carbonyl (C=O) groups is 1. The third-order valence-electron chi connectivity index (χ3n) is 2.76. The van der Waals surface area contributed by atoms with E-state index in [4.69, 9.17) is 0 Å². The Morgan fingerprint density at radius 3 is 2.25 bits per heavy atom. The molecule has 8 nitrogen and oxygen atoms in total. The number of halogens is 1. The summed E-state index contributed by atoms with van der Waals surface area (Å²) in [6.45, 7) is 6.28. The third-order valence-corrected chi connectivity index (χ3v) is 2.76. The maximum absolute atomic E-state index is 11.7. The number of benzene rings is 1. The minimum Gasteiger partial charge on any atom is -0.352 e. The van der Waals surface area contributed by atoms with Crippen molar-refractivity contribution in [2.75, 3.05) is 13.6 Å². The lowest BCUT2D eigenvalue weighted by atomic mass is 10.1. The standard InChI is InChI=1S/C15H23N5O3.HI/c1-15(2,3)19-13(21)10-18-14(16-4)17-9-11-5-7-12(8-6-11)20(22)23;/h5-8H,9-10H2,1-4H3,(H,19,21)(H2,16,17,18);1H. The van der Waals surface area contributed by atoms with Gasteiger partial charge in [0.15, 0.2) is 5.96 Å². The molecule has 0 aromatic heterocycles. The number of non-ortho nitro benzene ring substituents is 1. The molecule has 0 fully saturated rings. The number of guanidine groups is 1. The molecule has 0 bridgehead atoms. The SMILES string of the molecule is CN=C(NCC(=O)NC(C)(C)C)NCc1ccc([N+](=O)[O-])cc1.I. The minimum atomic E-state index is -0.439. The Labute approximate surface area is 158 Å². The van der Waals surface area contributed by atoms with Gasteiger partial charge < -0.3 is 16.0 Å². The van der Waals surface area contributed by atoms with Crippen LogP contribution in [-0.2, 0) is 11.3 Å². The van der Waals surface area contributed by atoms with Crippen LogP contribution in [0.3, 0.4) is 0 Å². The first-order valence-electron chi connectivity index (χ1n) is 7.20. The van der Waals surface area contributed by atoms with Crippen molar-refractivity contribution in [1.29, 1.82) is 0 Å². The molecule has 24 heavy (non-hydrogen) atoms. The van der Waals surface area contributed by atoms with E-state index in [-0.39, 0.29) is 47.7 Å². The molecule has 134 valence electrons. The number of aliphatic imine (C=N–C) groups is 1. The van der Waals surface area contributed by atoms with E-state index in [0.29, 0.717) is 12.5 Å².